The Bertz CT molecular complexity index is 539. The van der Waals surface area contributed by atoms with Gasteiger partial charge in [-0.05, 0) is 31.2 Å². The highest BCUT2D eigenvalue weighted by atomic mass is 32.2. The van der Waals surface area contributed by atoms with Crippen LogP contribution in [-0.4, -0.2) is 54.4 Å². The van der Waals surface area contributed by atoms with Crippen LogP contribution < -0.4 is 14.4 Å². The number of ether oxygens (including phenoxy) is 2. The highest BCUT2D eigenvalue weighted by Crippen LogP contribution is 2.15. The Morgan fingerprint density at radius 3 is 2.55 bits per heavy atom. The number of quaternary nitrogens is 1. The van der Waals surface area contributed by atoms with Gasteiger partial charge in [0.25, 0.3) is 0 Å². The summed E-state index contributed by atoms with van der Waals surface area (Å²) in [5.74, 6) is 0.678. The summed E-state index contributed by atoms with van der Waals surface area (Å²) in [5.41, 5.74) is 0. The van der Waals surface area contributed by atoms with Gasteiger partial charge in [-0.15, -0.1) is 0 Å². The van der Waals surface area contributed by atoms with Gasteiger partial charge in [0, 0.05) is 13.0 Å². The highest BCUT2D eigenvalue weighted by molar-refractivity contribution is 7.89. The van der Waals surface area contributed by atoms with Crippen LogP contribution in [-0.2, 0) is 14.8 Å². The molecule has 7 heteroatoms. The number of hydrogen-bond donors (Lipinski definition) is 2. The van der Waals surface area contributed by atoms with E-state index >= 15 is 0 Å². The normalized spacial score (nSPS) is 16.6. The van der Waals surface area contributed by atoms with Crippen molar-refractivity contribution in [3.8, 4) is 5.75 Å². The topological polar surface area (TPSA) is 69.1 Å². The summed E-state index contributed by atoms with van der Waals surface area (Å²) < 4.78 is 37.6. The molecule has 6 nitrogen and oxygen atoms in total. The van der Waals surface area contributed by atoms with E-state index in [4.69, 9.17) is 9.47 Å². The van der Waals surface area contributed by atoms with E-state index < -0.39 is 10.0 Å². The monoisotopic (exact) mass is 329 g/mol. The number of benzene rings is 1. The lowest BCUT2D eigenvalue weighted by atomic mass is 10.3. The van der Waals surface area contributed by atoms with E-state index in [2.05, 4.69) is 4.72 Å². The second-order valence-electron chi connectivity index (χ2n) is 5.27. The molecule has 2 rings (SSSR count). The molecule has 22 heavy (non-hydrogen) atoms. The van der Waals surface area contributed by atoms with Gasteiger partial charge in [0.15, 0.2) is 0 Å². The molecule has 0 aromatic heterocycles. The van der Waals surface area contributed by atoms with Gasteiger partial charge in [-0.3, -0.25) is 0 Å². The quantitative estimate of drug-likeness (QED) is 0.641. The average Bonchev–Trinajstić information content (AvgIpc) is 2.53. The van der Waals surface area contributed by atoms with Gasteiger partial charge in [0.1, 0.15) is 18.8 Å². The first-order chi connectivity index (χ1) is 10.6. The largest absolute Gasteiger partial charge is 0.494 e. The first-order valence-corrected chi connectivity index (χ1v) is 9.24. The van der Waals surface area contributed by atoms with Crippen molar-refractivity contribution in [2.45, 2.75) is 18.2 Å². The van der Waals surface area contributed by atoms with Crippen LogP contribution >= 0.6 is 0 Å². The Labute approximate surface area is 132 Å². The van der Waals surface area contributed by atoms with Gasteiger partial charge in [-0.25, -0.2) is 13.1 Å². The van der Waals surface area contributed by atoms with Crippen molar-refractivity contribution in [2.24, 2.45) is 0 Å². The molecular weight excluding hydrogens is 304 g/mol. The molecule has 0 bridgehead atoms. The number of nitrogens with one attached hydrogen (secondary N) is 2. The molecule has 0 radical (unpaired) electrons. The van der Waals surface area contributed by atoms with Crippen LogP contribution in [0.1, 0.15) is 13.3 Å². The third-order valence-electron chi connectivity index (χ3n) is 3.64. The SMILES string of the molecule is CCOc1ccc(S(=O)(=O)NCCC[NH+]2CCOCC2)cc1. The zero-order valence-electron chi connectivity index (χ0n) is 13.0. The number of morpholine rings is 1. The molecule has 1 heterocycles. The van der Waals surface area contributed by atoms with Gasteiger partial charge in [0.05, 0.1) is 31.3 Å². The van der Waals surface area contributed by atoms with Crippen molar-refractivity contribution in [3.63, 3.8) is 0 Å². The maximum Gasteiger partial charge on any atom is 0.240 e. The van der Waals surface area contributed by atoms with Crippen LogP contribution in [0.4, 0.5) is 0 Å². The Morgan fingerprint density at radius 2 is 1.91 bits per heavy atom. The first-order valence-electron chi connectivity index (χ1n) is 7.75. The molecule has 0 spiro atoms. The minimum Gasteiger partial charge on any atom is -0.494 e. The van der Waals surface area contributed by atoms with E-state index in [-0.39, 0.29) is 4.90 Å². The molecule has 1 saturated heterocycles. The molecule has 0 saturated carbocycles. The standard InChI is InChI=1S/C15H24N2O4S/c1-2-21-14-4-6-15(7-5-14)22(18,19)16-8-3-9-17-10-12-20-13-11-17/h4-7,16H,2-3,8-13H2,1H3/p+1. The van der Waals surface area contributed by atoms with Crippen LogP contribution in [0.5, 0.6) is 5.75 Å². The molecule has 2 N–H and O–H groups in total. The Hall–Kier alpha value is -1.15. The lowest BCUT2D eigenvalue weighted by Gasteiger charge is -2.23. The summed E-state index contributed by atoms with van der Waals surface area (Å²) in [7, 11) is -3.43. The Balaban J connectivity index is 1.77. The molecule has 124 valence electrons. The van der Waals surface area contributed by atoms with Crippen LogP contribution in [0.2, 0.25) is 0 Å². The van der Waals surface area contributed by atoms with Gasteiger partial charge in [0.2, 0.25) is 10.0 Å². The fourth-order valence-electron chi connectivity index (χ4n) is 2.42. The van der Waals surface area contributed by atoms with Crippen LogP contribution in [0.3, 0.4) is 0 Å². The molecule has 0 unspecified atom stereocenters. The Kier molecular flexibility index (Phi) is 6.63. The van der Waals surface area contributed by atoms with E-state index in [0.29, 0.717) is 18.9 Å². The molecule has 0 atom stereocenters. The molecule has 1 aliphatic rings. The second kappa shape index (κ2) is 8.47. The molecule has 0 aliphatic carbocycles. The van der Waals surface area contributed by atoms with Crippen molar-refractivity contribution < 1.29 is 22.8 Å². The van der Waals surface area contributed by atoms with Gasteiger partial charge in [-0.2, -0.15) is 0 Å². The summed E-state index contributed by atoms with van der Waals surface area (Å²) >= 11 is 0. The third-order valence-corrected chi connectivity index (χ3v) is 5.12. The van der Waals surface area contributed by atoms with Crippen molar-refractivity contribution in [1.82, 2.24) is 4.72 Å². The fourth-order valence-corrected chi connectivity index (χ4v) is 3.49. The fraction of sp³-hybridized carbons (Fsp3) is 0.600. The summed E-state index contributed by atoms with van der Waals surface area (Å²) in [5, 5.41) is 0. The van der Waals surface area contributed by atoms with Crippen LogP contribution in [0.25, 0.3) is 0 Å². The van der Waals surface area contributed by atoms with E-state index in [0.717, 1.165) is 39.3 Å². The number of hydrogen-bond acceptors (Lipinski definition) is 4. The van der Waals surface area contributed by atoms with E-state index in [1.807, 2.05) is 6.92 Å². The lowest BCUT2D eigenvalue weighted by Crippen LogP contribution is -3.14. The van der Waals surface area contributed by atoms with Gasteiger partial charge < -0.3 is 14.4 Å². The lowest BCUT2D eigenvalue weighted by molar-refractivity contribution is -0.908. The van der Waals surface area contributed by atoms with Crippen molar-refractivity contribution in [3.05, 3.63) is 24.3 Å². The molecule has 1 aliphatic heterocycles. The predicted octanol–water partition coefficient (Wildman–Crippen LogP) is -0.331. The van der Waals surface area contributed by atoms with Crippen molar-refractivity contribution >= 4 is 10.0 Å². The average molecular weight is 329 g/mol. The maximum atomic E-state index is 12.2. The zero-order valence-corrected chi connectivity index (χ0v) is 13.8. The number of sulfonamides is 1. The van der Waals surface area contributed by atoms with Crippen molar-refractivity contribution in [2.75, 3.05) is 46.0 Å². The van der Waals surface area contributed by atoms with Crippen LogP contribution in [0, 0.1) is 0 Å². The molecule has 1 aromatic rings. The molecule has 1 fully saturated rings. The summed E-state index contributed by atoms with van der Waals surface area (Å²) in [6.45, 7) is 7.49. The third kappa shape index (κ3) is 5.24. The molecule has 1 aromatic carbocycles. The minimum absolute atomic E-state index is 0.273. The van der Waals surface area contributed by atoms with E-state index in [9.17, 15) is 8.42 Å². The van der Waals surface area contributed by atoms with Crippen LogP contribution in [0.15, 0.2) is 29.2 Å². The highest BCUT2D eigenvalue weighted by Gasteiger charge is 2.15. The van der Waals surface area contributed by atoms with Gasteiger partial charge in [-0.1, -0.05) is 0 Å². The molecule has 0 amide bonds. The smallest absolute Gasteiger partial charge is 0.240 e. The minimum atomic E-state index is -3.43. The first kappa shape index (κ1) is 17.2. The van der Waals surface area contributed by atoms with Crippen molar-refractivity contribution in [1.29, 1.82) is 0 Å². The summed E-state index contributed by atoms with van der Waals surface area (Å²) in [6, 6.07) is 6.49. The Morgan fingerprint density at radius 1 is 1.23 bits per heavy atom. The summed E-state index contributed by atoms with van der Waals surface area (Å²) in [6.07, 6.45) is 0.825. The zero-order chi connectivity index (χ0) is 15.8. The number of rotatable bonds is 8. The van der Waals surface area contributed by atoms with E-state index in [1.165, 1.54) is 4.90 Å². The van der Waals surface area contributed by atoms with Gasteiger partial charge >= 0.3 is 0 Å². The predicted molar refractivity (Wildman–Crippen MR) is 83.8 cm³/mol. The van der Waals surface area contributed by atoms with E-state index in [1.54, 1.807) is 24.3 Å². The molecular formula is C15H25N2O4S+. The maximum absolute atomic E-state index is 12.2. The summed E-state index contributed by atoms with van der Waals surface area (Å²) in [4.78, 5) is 1.75. The second-order valence-corrected chi connectivity index (χ2v) is 7.04.